The molecule has 1 amide bonds. The minimum Gasteiger partial charge on any atom is -0.493 e. The summed E-state index contributed by atoms with van der Waals surface area (Å²) in [5.74, 6) is -0.548. The van der Waals surface area contributed by atoms with Crippen molar-refractivity contribution in [2.24, 2.45) is 10.2 Å². The highest BCUT2D eigenvalue weighted by Gasteiger charge is 2.11. The van der Waals surface area contributed by atoms with Gasteiger partial charge in [-0.3, -0.25) is 9.89 Å². The summed E-state index contributed by atoms with van der Waals surface area (Å²) in [5, 5.41) is 25.3. The van der Waals surface area contributed by atoms with E-state index in [-0.39, 0.29) is 18.0 Å². The van der Waals surface area contributed by atoms with Crippen LogP contribution in [0.1, 0.15) is 5.69 Å². The third-order valence-corrected chi connectivity index (χ3v) is 3.96. The van der Waals surface area contributed by atoms with Gasteiger partial charge in [-0.25, -0.2) is 0 Å². The first-order valence-electron chi connectivity index (χ1n) is 8.04. The highest BCUT2D eigenvalue weighted by molar-refractivity contribution is 5.94. The maximum absolute atomic E-state index is 12.1. The molecule has 0 aliphatic heterocycles. The Bertz CT molecular complexity index is 1100. The summed E-state index contributed by atoms with van der Waals surface area (Å²) in [6.45, 7) is 0. The summed E-state index contributed by atoms with van der Waals surface area (Å²) in [7, 11) is 0. The molecule has 4 aromatic rings. The number of amides is 1. The number of azo groups is 1. The normalized spacial score (nSPS) is 11.4. The van der Waals surface area contributed by atoms with Crippen molar-refractivity contribution in [3.05, 3.63) is 66.4 Å². The number of benzene rings is 2. The maximum atomic E-state index is 12.1. The number of H-pyrrole nitrogens is 2. The molecule has 2 aromatic heterocycles. The Kier molecular flexibility index (Phi) is 4.03. The second-order valence-electron chi connectivity index (χ2n) is 5.78. The number of nitrogens with one attached hydrogen (secondary N) is 2. The van der Waals surface area contributed by atoms with Crippen molar-refractivity contribution >= 4 is 22.5 Å². The number of carbonyl (C=O) groups excluding carboxylic acids is 1. The van der Waals surface area contributed by atoms with E-state index in [0.29, 0.717) is 11.1 Å². The molecule has 0 radical (unpaired) electrons. The number of fused-ring (bicyclic) bond motifs is 1. The molecule has 3 N–H and O–H groups in total. The molecule has 0 spiro atoms. The van der Waals surface area contributed by atoms with Gasteiger partial charge in [-0.2, -0.15) is 5.10 Å². The molecule has 0 bridgehead atoms. The highest BCUT2D eigenvalue weighted by Crippen LogP contribution is 2.35. The minimum atomic E-state index is -0.432. The summed E-state index contributed by atoms with van der Waals surface area (Å²) in [6.07, 6.45) is 0.0481. The van der Waals surface area contributed by atoms with Crippen molar-refractivity contribution in [2.45, 2.75) is 6.42 Å². The second-order valence-corrected chi connectivity index (χ2v) is 5.78. The van der Waals surface area contributed by atoms with Crippen LogP contribution in [0, 0.1) is 0 Å². The zero-order valence-corrected chi connectivity index (χ0v) is 13.7. The number of hydrogen-bond donors (Lipinski definition) is 3. The van der Waals surface area contributed by atoms with Crippen molar-refractivity contribution in [3.8, 4) is 17.1 Å². The van der Waals surface area contributed by atoms with E-state index >= 15 is 0 Å². The van der Waals surface area contributed by atoms with Gasteiger partial charge in [0.05, 0.1) is 17.6 Å². The van der Waals surface area contributed by atoms with E-state index < -0.39 is 5.91 Å². The number of nitrogens with zero attached hydrogens (tertiary/aromatic N) is 3. The molecule has 26 heavy (non-hydrogen) atoms. The van der Waals surface area contributed by atoms with Crippen LogP contribution < -0.4 is 0 Å². The molecule has 7 heteroatoms. The zero-order valence-electron chi connectivity index (χ0n) is 13.7. The summed E-state index contributed by atoms with van der Waals surface area (Å²) in [5.41, 5.74) is 3.36. The Morgan fingerprint density at radius 1 is 1.08 bits per heavy atom. The Labute approximate surface area is 148 Å². The molecule has 0 atom stereocenters. The van der Waals surface area contributed by atoms with Gasteiger partial charge in [-0.05, 0) is 12.1 Å². The van der Waals surface area contributed by atoms with Gasteiger partial charge in [0.15, 0.2) is 5.69 Å². The van der Waals surface area contributed by atoms with Crippen LogP contribution in [-0.2, 0) is 11.2 Å². The standard InChI is InChI=1S/C19H15N5O2/c25-17(11-13-10-16(22-21-13)12-6-2-1-3-7-12)23-24-18-14-8-4-5-9-15(14)20-19(18)26/h1-10,20,26H,11H2,(H,21,22). The largest absolute Gasteiger partial charge is 0.493 e. The predicted molar refractivity (Wildman–Crippen MR) is 97.2 cm³/mol. The quantitative estimate of drug-likeness (QED) is 0.484. The Balaban J connectivity index is 1.50. The SMILES string of the molecule is O=C(Cc1cc(-c2ccccc2)n[nH]1)N=Nc1c(O)[nH]c2ccccc12. The van der Waals surface area contributed by atoms with Gasteiger partial charge in [-0.1, -0.05) is 48.5 Å². The average Bonchev–Trinajstić information content (AvgIpc) is 3.24. The van der Waals surface area contributed by atoms with E-state index in [1.54, 1.807) is 6.07 Å². The molecule has 7 nitrogen and oxygen atoms in total. The lowest BCUT2D eigenvalue weighted by Crippen LogP contribution is -1.98. The molecular weight excluding hydrogens is 330 g/mol. The maximum Gasteiger partial charge on any atom is 0.270 e. The van der Waals surface area contributed by atoms with Crippen molar-refractivity contribution < 1.29 is 9.90 Å². The fraction of sp³-hybridized carbons (Fsp3) is 0.0526. The number of para-hydroxylation sites is 1. The first-order valence-corrected chi connectivity index (χ1v) is 8.04. The summed E-state index contributed by atoms with van der Waals surface area (Å²) in [4.78, 5) is 14.9. The number of aromatic hydroxyl groups is 1. The Morgan fingerprint density at radius 2 is 1.85 bits per heavy atom. The minimum absolute atomic E-state index is 0.0481. The molecule has 128 valence electrons. The van der Waals surface area contributed by atoms with Crippen LogP contribution in [-0.4, -0.2) is 26.2 Å². The molecule has 0 saturated carbocycles. The Hall–Kier alpha value is -3.74. The molecule has 2 heterocycles. The number of aromatic nitrogens is 3. The molecule has 0 unspecified atom stereocenters. The Morgan fingerprint density at radius 3 is 2.69 bits per heavy atom. The van der Waals surface area contributed by atoms with Gasteiger partial charge in [-0.15, -0.1) is 10.2 Å². The van der Waals surface area contributed by atoms with E-state index in [2.05, 4.69) is 25.4 Å². The van der Waals surface area contributed by atoms with Crippen LogP contribution in [0.2, 0.25) is 0 Å². The molecule has 0 aliphatic carbocycles. The molecule has 4 rings (SSSR count). The third kappa shape index (κ3) is 3.10. The van der Waals surface area contributed by atoms with Crippen LogP contribution in [0.4, 0.5) is 5.69 Å². The number of hydrogen-bond acceptors (Lipinski definition) is 4. The van der Waals surface area contributed by atoms with E-state index in [4.69, 9.17) is 0 Å². The first-order chi connectivity index (χ1) is 12.7. The average molecular weight is 345 g/mol. The van der Waals surface area contributed by atoms with Crippen LogP contribution in [0.25, 0.3) is 22.2 Å². The molecule has 0 fully saturated rings. The van der Waals surface area contributed by atoms with Gasteiger partial charge in [0.25, 0.3) is 5.91 Å². The topological polar surface area (TPSA) is 106 Å². The van der Waals surface area contributed by atoms with Crippen LogP contribution >= 0.6 is 0 Å². The molecule has 0 saturated heterocycles. The van der Waals surface area contributed by atoms with Gasteiger partial charge >= 0.3 is 0 Å². The summed E-state index contributed by atoms with van der Waals surface area (Å²) >= 11 is 0. The van der Waals surface area contributed by atoms with Gasteiger partial charge in [0, 0.05) is 16.6 Å². The van der Waals surface area contributed by atoms with Crippen molar-refractivity contribution in [2.75, 3.05) is 0 Å². The van der Waals surface area contributed by atoms with E-state index in [0.717, 1.165) is 16.8 Å². The fourth-order valence-corrected chi connectivity index (χ4v) is 2.73. The zero-order chi connectivity index (χ0) is 17.9. The monoisotopic (exact) mass is 345 g/mol. The second kappa shape index (κ2) is 6.64. The number of aromatic amines is 2. The smallest absolute Gasteiger partial charge is 0.270 e. The van der Waals surface area contributed by atoms with Crippen molar-refractivity contribution in [3.63, 3.8) is 0 Å². The van der Waals surface area contributed by atoms with Crippen molar-refractivity contribution in [1.29, 1.82) is 0 Å². The van der Waals surface area contributed by atoms with Gasteiger partial charge in [0.1, 0.15) is 0 Å². The predicted octanol–water partition coefficient (Wildman–Crippen LogP) is 4.12. The molecule has 2 aromatic carbocycles. The van der Waals surface area contributed by atoms with Crippen molar-refractivity contribution in [1.82, 2.24) is 15.2 Å². The lowest BCUT2D eigenvalue weighted by Gasteiger charge is -1.93. The summed E-state index contributed by atoms with van der Waals surface area (Å²) < 4.78 is 0. The number of rotatable bonds is 4. The molecule has 0 aliphatic rings. The van der Waals surface area contributed by atoms with E-state index in [1.165, 1.54) is 0 Å². The first kappa shape index (κ1) is 15.8. The third-order valence-electron chi connectivity index (χ3n) is 3.96. The van der Waals surface area contributed by atoms with E-state index in [9.17, 15) is 9.90 Å². The lowest BCUT2D eigenvalue weighted by atomic mass is 10.1. The number of carbonyl (C=O) groups is 1. The van der Waals surface area contributed by atoms with Gasteiger partial charge in [0.2, 0.25) is 5.88 Å². The van der Waals surface area contributed by atoms with Crippen LogP contribution in [0.3, 0.4) is 0 Å². The van der Waals surface area contributed by atoms with Crippen LogP contribution in [0.5, 0.6) is 5.88 Å². The molecular formula is C19H15N5O2. The van der Waals surface area contributed by atoms with Gasteiger partial charge < -0.3 is 10.1 Å². The van der Waals surface area contributed by atoms with Crippen LogP contribution in [0.15, 0.2) is 70.9 Å². The van der Waals surface area contributed by atoms with E-state index in [1.807, 2.05) is 54.6 Å². The lowest BCUT2D eigenvalue weighted by molar-refractivity contribution is -0.117. The highest BCUT2D eigenvalue weighted by atomic mass is 16.3. The summed E-state index contributed by atoms with van der Waals surface area (Å²) in [6, 6.07) is 18.8. The fourth-order valence-electron chi connectivity index (χ4n) is 2.73.